The summed E-state index contributed by atoms with van der Waals surface area (Å²) in [5, 5.41) is 5.40. The molecule has 3 rings (SSSR count). The number of hydrogen-bond donors (Lipinski definition) is 2. The van der Waals surface area contributed by atoms with Crippen molar-refractivity contribution in [3.05, 3.63) is 89.6 Å². The fourth-order valence-corrected chi connectivity index (χ4v) is 2.26. The first-order chi connectivity index (χ1) is 12.1. The normalized spacial score (nSPS) is 10.3. The van der Waals surface area contributed by atoms with Crippen molar-refractivity contribution in [1.29, 1.82) is 0 Å². The van der Waals surface area contributed by atoms with Crippen LogP contribution in [0.4, 0.5) is 10.1 Å². The van der Waals surface area contributed by atoms with Gasteiger partial charge in [0, 0.05) is 5.56 Å². The number of hydrogen-bond acceptors (Lipinski definition) is 3. The molecule has 6 heteroatoms. The quantitative estimate of drug-likeness (QED) is 0.747. The maximum atomic E-state index is 13.0. The van der Waals surface area contributed by atoms with Crippen LogP contribution in [0, 0.1) is 5.82 Å². The molecule has 25 heavy (non-hydrogen) atoms. The smallest absolute Gasteiger partial charge is 0.255 e. The van der Waals surface area contributed by atoms with Crippen LogP contribution in [0.1, 0.15) is 26.5 Å². The molecule has 1 aromatic heterocycles. The van der Waals surface area contributed by atoms with Gasteiger partial charge in [-0.1, -0.05) is 12.1 Å². The number of para-hydroxylation sites is 1. The van der Waals surface area contributed by atoms with E-state index < -0.39 is 11.7 Å². The standard InChI is InChI=1S/C19H15FN2O3/c20-14-9-7-13(8-10-14)18(23)22-17-6-2-1-5-16(17)19(24)21-12-15-4-3-11-25-15/h1-11H,12H2,(H,21,24)(H,22,23). The van der Waals surface area contributed by atoms with Crippen molar-refractivity contribution in [3.63, 3.8) is 0 Å². The Morgan fingerprint density at radius 2 is 1.68 bits per heavy atom. The SMILES string of the molecule is O=C(Nc1ccccc1C(=O)NCc1ccco1)c1ccc(F)cc1. The number of amides is 2. The molecule has 0 radical (unpaired) electrons. The minimum atomic E-state index is -0.425. The fourth-order valence-electron chi connectivity index (χ4n) is 2.26. The van der Waals surface area contributed by atoms with Crippen molar-refractivity contribution < 1.29 is 18.4 Å². The average molecular weight is 338 g/mol. The molecule has 5 nitrogen and oxygen atoms in total. The number of carbonyl (C=O) groups is 2. The third-order valence-corrected chi connectivity index (χ3v) is 3.53. The molecule has 0 aliphatic carbocycles. The monoisotopic (exact) mass is 338 g/mol. The lowest BCUT2D eigenvalue weighted by atomic mass is 10.1. The van der Waals surface area contributed by atoms with E-state index in [4.69, 9.17) is 4.42 Å². The molecular formula is C19H15FN2O3. The topological polar surface area (TPSA) is 71.3 Å². The van der Waals surface area contributed by atoms with Gasteiger partial charge in [0.25, 0.3) is 11.8 Å². The molecule has 0 aliphatic rings. The average Bonchev–Trinajstić information content (AvgIpc) is 3.14. The van der Waals surface area contributed by atoms with Gasteiger partial charge in [-0.25, -0.2) is 4.39 Å². The second-order valence-electron chi connectivity index (χ2n) is 5.27. The second-order valence-corrected chi connectivity index (χ2v) is 5.27. The highest BCUT2D eigenvalue weighted by Gasteiger charge is 2.14. The summed E-state index contributed by atoms with van der Waals surface area (Å²) in [5.74, 6) is -0.562. The highest BCUT2D eigenvalue weighted by molar-refractivity contribution is 6.08. The van der Waals surface area contributed by atoms with Crippen molar-refractivity contribution in [1.82, 2.24) is 5.32 Å². The Morgan fingerprint density at radius 3 is 2.40 bits per heavy atom. The molecule has 3 aromatic rings. The Labute approximate surface area is 143 Å². The number of rotatable bonds is 5. The van der Waals surface area contributed by atoms with Gasteiger partial charge < -0.3 is 15.1 Å². The van der Waals surface area contributed by atoms with Crippen LogP contribution in [0.25, 0.3) is 0 Å². The number of carbonyl (C=O) groups excluding carboxylic acids is 2. The van der Waals surface area contributed by atoms with Gasteiger partial charge in [0.05, 0.1) is 24.1 Å². The van der Waals surface area contributed by atoms with Crippen molar-refractivity contribution in [3.8, 4) is 0 Å². The van der Waals surface area contributed by atoms with Crippen LogP contribution in [0.5, 0.6) is 0 Å². The fraction of sp³-hybridized carbons (Fsp3) is 0.0526. The maximum Gasteiger partial charge on any atom is 0.255 e. The maximum absolute atomic E-state index is 13.0. The second kappa shape index (κ2) is 7.44. The highest BCUT2D eigenvalue weighted by Crippen LogP contribution is 2.17. The van der Waals surface area contributed by atoms with E-state index in [2.05, 4.69) is 10.6 Å². The number of nitrogens with one attached hydrogen (secondary N) is 2. The molecular weight excluding hydrogens is 323 g/mol. The predicted octanol–water partition coefficient (Wildman–Crippen LogP) is 3.60. The zero-order valence-corrected chi connectivity index (χ0v) is 13.2. The van der Waals surface area contributed by atoms with Gasteiger partial charge in [-0.3, -0.25) is 9.59 Å². The van der Waals surface area contributed by atoms with Gasteiger partial charge in [0.2, 0.25) is 0 Å². The van der Waals surface area contributed by atoms with E-state index in [0.29, 0.717) is 22.6 Å². The van der Waals surface area contributed by atoms with Crippen molar-refractivity contribution in [2.24, 2.45) is 0 Å². The zero-order chi connectivity index (χ0) is 17.6. The van der Waals surface area contributed by atoms with Gasteiger partial charge in [0.15, 0.2) is 0 Å². The summed E-state index contributed by atoms with van der Waals surface area (Å²) in [7, 11) is 0. The largest absolute Gasteiger partial charge is 0.467 e. The van der Waals surface area contributed by atoms with Gasteiger partial charge in [-0.15, -0.1) is 0 Å². The highest BCUT2D eigenvalue weighted by atomic mass is 19.1. The lowest BCUT2D eigenvalue weighted by Gasteiger charge is -2.11. The molecule has 1 heterocycles. The zero-order valence-electron chi connectivity index (χ0n) is 13.2. The number of benzene rings is 2. The van der Waals surface area contributed by atoms with Gasteiger partial charge >= 0.3 is 0 Å². The van der Waals surface area contributed by atoms with Crippen LogP contribution in [-0.2, 0) is 6.54 Å². The Morgan fingerprint density at radius 1 is 0.920 bits per heavy atom. The van der Waals surface area contributed by atoms with Crippen LogP contribution in [0.2, 0.25) is 0 Å². The molecule has 0 spiro atoms. The molecule has 0 aliphatic heterocycles. The van der Waals surface area contributed by atoms with Gasteiger partial charge in [-0.2, -0.15) is 0 Å². The Balaban J connectivity index is 1.72. The summed E-state index contributed by atoms with van der Waals surface area (Å²) in [5.41, 5.74) is 0.991. The van der Waals surface area contributed by atoms with Crippen LogP contribution >= 0.6 is 0 Å². The van der Waals surface area contributed by atoms with Crippen LogP contribution in [0.15, 0.2) is 71.3 Å². The van der Waals surface area contributed by atoms with Crippen molar-refractivity contribution in [2.45, 2.75) is 6.54 Å². The molecule has 2 amide bonds. The van der Waals surface area contributed by atoms with Crippen LogP contribution < -0.4 is 10.6 Å². The van der Waals surface area contributed by atoms with E-state index in [1.165, 1.54) is 30.5 Å². The molecule has 0 saturated heterocycles. The molecule has 0 bridgehead atoms. The summed E-state index contributed by atoms with van der Waals surface area (Å²) in [6.45, 7) is 0.242. The summed E-state index contributed by atoms with van der Waals surface area (Å²) in [6.07, 6.45) is 1.53. The summed E-state index contributed by atoms with van der Waals surface area (Å²) < 4.78 is 18.1. The number of furan rings is 1. The summed E-state index contributed by atoms with van der Waals surface area (Å²) in [4.78, 5) is 24.6. The van der Waals surface area contributed by atoms with Gasteiger partial charge in [0.1, 0.15) is 11.6 Å². The first kappa shape index (κ1) is 16.4. The van der Waals surface area contributed by atoms with E-state index in [1.807, 2.05) is 0 Å². The molecule has 0 fully saturated rings. The molecule has 2 N–H and O–H groups in total. The minimum Gasteiger partial charge on any atom is -0.467 e. The first-order valence-corrected chi connectivity index (χ1v) is 7.60. The van der Waals surface area contributed by atoms with Crippen molar-refractivity contribution >= 4 is 17.5 Å². The first-order valence-electron chi connectivity index (χ1n) is 7.60. The van der Waals surface area contributed by atoms with Crippen molar-refractivity contribution in [2.75, 3.05) is 5.32 Å². The molecule has 0 saturated carbocycles. The van der Waals surface area contributed by atoms with Crippen LogP contribution in [0.3, 0.4) is 0 Å². The lowest BCUT2D eigenvalue weighted by molar-refractivity contribution is 0.0949. The molecule has 2 aromatic carbocycles. The van der Waals surface area contributed by atoms with E-state index in [9.17, 15) is 14.0 Å². The van der Waals surface area contributed by atoms with E-state index in [1.54, 1.807) is 36.4 Å². The summed E-state index contributed by atoms with van der Waals surface area (Å²) in [6, 6.07) is 15.3. The lowest BCUT2D eigenvalue weighted by Crippen LogP contribution is -2.24. The third kappa shape index (κ3) is 4.11. The Kier molecular flexibility index (Phi) is 4.89. The number of halogens is 1. The van der Waals surface area contributed by atoms with E-state index in [-0.39, 0.29) is 12.5 Å². The van der Waals surface area contributed by atoms with Crippen LogP contribution in [-0.4, -0.2) is 11.8 Å². The summed E-state index contributed by atoms with van der Waals surface area (Å²) >= 11 is 0. The number of anilines is 1. The van der Waals surface area contributed by atoms with E-state index in [0.717, 1.165) is 0 Å². The Bertz CT molecular complexity index is 874. The Hall–Kier alpha value is -3.41. The van der Waals surface area contributed by atoms with E-state index >= 15 is 0 Å². The third-order valence-electron chi connectivity index (χ3n) is 3.53. The molecule has 0 unspecified atom stereocenters. The molecule has 126 valence electrons. The predicted molar refractivity (Wildman–Crippen MR) is 90.7 cm³/mol. The minimum absolute atomic E-state index is 0.242. The van der Waals surface area contributed by atoms with Gasteiger partial charge in [-0.05, 0) is 48.5 Å². The molecule has 0 atom stereocenters.